The normalized spacial score (nSPS) is 11.3. The summed E-state index contributed by atoms with van der Waals surface area (Å²) in [4.78, 5) is 11.9. The van der Waals surface area contributed by atoms with Crippen LogP contribution in [0.4, 0.5) is 0 Å². The Hall–Kier alpha value is -2.31. The van der Waals surface area contributed by atoms with Crippen molar-refractivity contribution < 1.29 is 9.53 Å². The molecule has 0 atom stereocenters. The van der Waals surface area contributed by atoms with Crippen LogP contribution in [0, 0.1) is 0 Å². The molecular formula is C11H13N5O2. The Labute approximate surface area is 104 Å². The fraction of sp³-hybridized carbons (Fsp3) is 0.364. The predicted octanol–water partition coefficient (Wildman–Crippen LogP) is 1.22. The molecule has 0 fully saturated rings. The van der Waals surface area contributed by atoms with Crippen LogP contribution in [-0.4, -0.2) is 37.2 Å². The first-order valence-electron chi connectivity index (χ1n) is 5.39. The van der Waals surface area contributed by atoms with Gasteiger partial charge in [-0.2, -0.15) is 15.4 Å². The number of aromatic nitrogens is 5. The number of aromatic amines is 1. The third kappa shape index (κ3) is 2.68. The molecule has 18 heavy (non-hydrogen) atoms. The van der Waals surface area contributed by atoms with Crippen molar-refractivity contribution in [2.75, 3.05) is 0 Å². The minimum absolute atomic E-state index is 0.102. The van der Waals surface area contributed by atoms with E-state index in [4.69, 9.17) is 4.74 Å². The van der Waals surface area contributed by atoms with Crippen molar-refractivity contribution in [1.82, 2.24) is 25.6 Å². The van der Waals surface area contributed by atoms with E-state index in [2.05, 4.69) is 25.6 Å². The molecule has 0 radical (unpaired) electrons. The molecule has 0 amide bonds. The number of H-pyrrole nitrogens is 1. The van der Waals surface area contributed by atoms with Crippen LogP contribution >= 0.6 is 0 Å². The highest BCUT2D eigenvalue weighted by Crippen LogP contribution is 2.19. The lowest BCUT2D eigenvalue weighted by Crippen LogP contribution is -2.24. The fourth-order valence-corrected chi connectivity index (χ4v) is 1.31. The Balaban J connectivity index is 2.32. The van der Waals surface area contributed by atoms with Gasteiger partial charge in [0.1, 0.15) is 17.0 Å². The van der Waals surface area contributed by atoms with Crippen molar-refractivity contribution in [2.24, 2.45) is 0 Å². The molecular weight excluding hydrogens is 234 g/mol. The van der Waals surface area contributed by atoms with Crippen molar-refractivity contribution in [3.63, 3.8) is 0 Å². The van der Waals surface area contributed by atoms with E-state index in [1.807, 2.05) is 0 Å². The molecule has 7 nitrogen and oxygen atoms in total. The van der Waals surface area contributed by atoms with Crippen molar-refractivity contribution in [3.05, 3.63) is 24.0 Å². The van der Waals surface area contributed by atoms with Crippen molar-refractivity contribution in [3.8, 4) is 11.4 Å². The van der Waals surface area contributed by atoms with Gasteiger partial charge >= 0.3 is 5.97 Å². The molecule has 0 bridgehead atoms. The van der Waals surface area contributed by atoms with Gasteiger partial charge in [0.2, 0.25) is 0 Å². The Bertz CT molecular complexity index is 544. The average molecular weight is 247 g/mol. The van der Waals surface area contributed by atoms with Crippen molar-refractivity contribution in [2.45, 2.75) is 26.4 Å². The predicted molar refractivity (Wildman–Crippen MR) is 62.6 cm³/mol. The van der Waals surface area contributed by atoms with Crippen LogP contribution in [-0.2, 0) is 4.74 Å². The molecule has 2 aromatic heterocycles. The molecule has 0 unspecified atom stereocenters. The van der Waals surface area contributed by atoms with E-state index in [0.717, 1.165) is 0 Å². The summed E-state index contributed by atoms with van der Waals surface area (Å²) < 4.78 is 5.23. The number of esters is 1. The van der Waals surface area contributed by atoms with Gasteiger partial charge in [0.25, 0.3) is 0 Å². The van der Waals surface area contributed by atoms with E-state index in [9.17, 15) is 4.79 Å². The number of hydrogen-bond donors (Lipinski definition) is 1. The summed E-state index contributed by atoms with van der Waals surface area (Å²) >= 11 is 0. The van der Waals surface area contributed by atoms with Crippen LogP contribution in [0.25, 0.3) is 11.4 Å². The third-order valence-electron chi connectivity index (χ3n) is 1.96. The second kappa shape index (κ2) is 4.52. The average Bonchev–Trinajstić information content (AvgIpc) is 2.76. The molecule has 0 saturated heterocycles. The minimum atomic E-state index is -0.588. The lowest BCUT2D eigenvalue weighted by molar-refractivity contribution is 0.00637. The maximum absolute atomic E-state index is 11.9. The van der Waals surface area contributed by atoms with Crippen LogP contribution in [0.15, 0.2) is 18.3 Å². The number of carbonyl (C=O) groups excluding carboxylic acids is 1. The minimum Gasteiger partial charge on any atom is -0.455 e. The molecule has 0 aromatic carbocycles. The van der Waals surface area contributed by atoms with Crippen LogP contribution < -0.4 is 0 Å². The monoisotopic (exact) mass is 247 g/mol. The highest BCUT2D eigenvalue weighted by molar-refractivity contribution is 5.93. The molecule has 7 heteroatoms. The number of ether oxygens (including phenoxy) is 1. The second-order valence-electron chi connectivity index (χ2n) is 4.63. The summed E-state index contributed by atoms with van der Waals surface area (Å²) in [5, 5.41) is 17.7. The summed E-state index contributed by atoms with van der Waals surface area (Å²) in [6.07, 6.45) is 1.54. The van der Waals surface area contributed by atoms with Crippen LogP contribution in [0.3, 0.4) is 0 Å². The first-order chi connectivity index (χ1) is 8.47. The molecule has 0 spiro atoms. The molecule has 0 aliphatic rings. The van der Waals surface area contributed by atoms with Gasteiger partial charge in [-0.3, -0.25) is 0 Å². The highest BCUT2D eigenvalue weighted by atomic mass is 16.6. The summed E-state index contributed by atoms with van der Waals surface area (Å²) in [5.74, 6) is -0.545. The van der Waals surface area contributed by atoms with Gasteiger partial charge in [-0.1, -0.05) is 0 Å². The van der Waals surface area contributed by atoms with Gasteiger partial charge in [-0.25, -0.2) is 4.79 Å². The summed E-state index contributed by atoms with van der Waals surface area (Å²) in [7, 11) is 0. The van der Waals surface area contributed by atoms with Gasteiger partial charge < -0.3 is 4.74 Å². The number of carbonyl (C=O) groups is 1. The van der Waals surface area contributed by atoms with E-state index in [1.54, 1.807) is 32.9 Å². The summed E-state index contributed by atoms with van der Waals surface area (Å²) in [6, 6.07) is 3.40. The molecule has 2 rings (SSSR count). The third-order valence-corrected chi connectivity index (χ3v) is 1.96. The van der Waals surface area contributed by atoms with E-state index in [1.165, 1.54) is 6.20 Å². The van der Waals surface area contributed by atoms with Gasteiger partial charge in [0, 0.05) is 6.20 Å². The number of hydrogen-bond acceptors (Lipinski definition) is 6. The smallest absolute Gasteiger partial charge is 0.361 e. The quantitative estimate of drug-likeness (QED) is 0.802. The van der Waals surface area contributed by atoms with Gasteiger partial charge in [-0.05, 0) is 32.9 Å². The fourth-order valence-electron chi connectivity index (χ4n) is 1.31. The molecule has 0 saturated carbocycles. The summed E-state index contributed by atoms with van der Waals surface area (Å²) in [5.41, 5.74) is 0.310. The van der Waals surface area contributed by atoms with E-state index < -0.39 is 11.6 Å². The number of nitrogens with zero attached hydrogens (tertiary/aromatic N) is 4. The molecule has 2 heterocycles. The summed E-state index contributed by atoms with van der Waals surface area (Å²) in [6.45, 7) is 5.35. The highest BCUT2D eigenvalue weighted by Gasteiger charge is 2.24. The zero-order valence-electron chi connectivity index (χ0n) is 10.3. The van der Waals surface area contributed by atoms with Gasteiger partial charge in [0.15, 0.2) is 5.69 Å². The van der Waals surface area contributed by atoms with Crippen LogP contribution in [0.1, 0.15) is 31.3 Å². The maximum atomic E-state index is 11.9. The zero-order valence-corrected chi connectivity index (χ0v) is 10.3. The topological polar surface area (TPSA) is 93.7 Å². The number of nitrogens with one attached hydrogen (secondary N) is 1. The molecule has 2 aromatic rings. The Morgan fingerprint density at radius 1 is 1.33 bits per heavy atom. The SMILES string of the molecule is CC(C)(C)OC(=O)c1n[nH]nc1-c1cccnn1. The lowest BCUT2D eigenvalue weighted by atomic mass is 10.2. The Morgan fingerprint density at radius 2 is 2.11 bits per heavy atom. The molecule has 1 N–H and O–H groups in total. The van der Waals surface area contributed by atoms with E-state index >= 15 is 0 Å². The zero-order chi connectivity index (χ0) is 13.2. The Morgan fingerprint density at radius 3 is 2.72 bits per heavy atom. The maximum Gasteiger partial charge on any atom is 0.361 e. The Kier molecular flexibility index (Phi) is 3.05. The van der Waals surface area contributed by atoms with Crippen molar-refractivity contribution in [1.29, 1.82) is 0 Å². The first-order valence-corrected chi connectivity index (χ1v) is 5.39. The molecule has 0 aliphatic heterocycles. The molecule has 94 valence electrons. The van der Waals surface area contributed by atoms with Gasteiger partial charge in [-0.15, -0.1) is 10.2 Å². The lowest BCUT2D eigenvalue weighted by Gasteiger charge is -2.18. The van der Waals surface area contributed by atoms with Crippen LogP contribution in [0.5, 0.6) is 0 Å². The molecule has 0 aliphatic carbocycles. The van der Waals surface area contributed by atoms with Crippen LogP contribution in [0.2, 0.25) is 0 Å². The number of rotatable bonds is 2. The largest absolute Gasteiger partial charge is 0.455 e. The van der Waals surface area contributed by atoms with Crippen molar-refractivity contribution >= 4 is 5.97 Å². The standard InChI is InChI=1S/C11H13N5O2/c1-11(2,3)18-10(17)9-8(14-16-15-9)7-5-4-6-12-13-7/h4-6H,1-3H3,(H,14,15,16). The second-order valence-corrected chi connectivity index (χ2v) is 4.63. The van der Waals surface area contributed by atoms with Gasteiger partial charge in [0.05, 0.1) is 0 Å². The first kappa shape index (κ1) is 12.2. The van der Waals surface area contributed by atoms with E-state index in [-0.39, 0.29) is 5.69 Å². The van der Waals surface area contributed by atoms with E-state index in [0.29, 0.717) is 11.4 Å².